The van der Waals surface area contributed by atoms with Crippen LogP contribution in [0.3, 0.4) is 0 Å². The van der Waals surface area contributed by atoms with Crippen LogP contribution in [0.15, 0.2) is 35.9 Å². The van der Waals surface area contributed by atoms with Crippen molar-refractivity contribution in [2.45, 2.75) is 145 Å². The molecule has 7 aliphatic carbocycles. The fourth-order valence-corrected chi connectivity index (χ4v) is 15.9. The second-order valence-electron chi connectivity index (χ2n) is 19.6. The van der Waals surface area contributed by atoms with Gasteiger partial charge in [0.2, 0.25) is 0 Å². The van der Waals surface area contributed by atoms with E-state index in [2.05, 4.69) is 19.2 Å². The summed E-state index contributed by atoms with van der Waals surface area (Å²) in [5, 5.41) is 79.0. The van der Waals surface area contributed by atoms with Gasteiger partial charge in [-0.3, -0.25) is 0 Å². The fourth-order valence-electron chi connectivity index (χ4n) is 15.9. The Morgan fingerprint density at radius 3 is 2.41 bits per heavy atom. The van der Waals surface area contributed by atoms with Crippen molar-refractivity contribution in [3.63, 3.8) is 0 Å². The number of esters is 1. The Kier molecular flexibility index (Phi) is 8.59. The highest BCUT2D eigenvalue weighted by Crippen LogP contribution is 2.79. The van der Waals surface area contributed by atoms with E-state index >= 15 is 0 Å². The van der Waals surface area contributed by atoms with Gasteiger partial charge >= 0.3 is 5.97 Å². The first-order valence-electron chi connectivity index (χ1n) is 21.0. The average molecular weight is 748 g/mol. The van der Waals surface area contributed by atoms with Gasteiger partial charge in [0.25, 0.3) is 0 Å². The third kappa shape index (κ3) is 4.32. The van der Waals surface area contributed by atoms with E-state index in [1.807, 2.05) is 31.3 Å². The highest BCUT2D eigenvalue weighted by molar-refractivity contribution is 5.87. The largest absolute Gasteiger partial charge is 0.451 e. The van der Waals surface area contributed by atoms with E-state index in [9.17, 15) is 40.2 Å². The summed E-state index contributed by atoms with van der Waals surface area (Å²) in [6.45, 7) is 4.16. The smallest absolute Gasteiger partial charge is 0.331 e. The van der Waals surface area contributed by atoms with Gasteiger partial charge in [-0.2, -0.15) is 0 Å². The summed E-state index contributed by atoms with van der Waals surface area (Å²) in [5.41, 5.74) is -6.12. The number of aliphatic hydroxyl groups excluding tert-OH is 3. The van der Waals surface area contributed by atoms with Gasteiger partial charge in [0.15, 0.2) is 0 Å². The Morgan fingerprint density at radius 2 is 1.70 bits per heavy atom. The number of carbonyl (C=O) groups excluding carboxylic acids is 2. The molecule has 9 rings (SSSR count). The van der Waals surface area contributed by atoms with E-state index in [0.29, 0.717) is 64.2 Å². The third-order valence-electron chi connectivity index (χ3n) is 18.0. The molecular formula is C44H61NO9. The Balaban J connectivity index is 1.18. The van der Waals surface area contributed by atoms with E-state index in [1.54, 1.807) is 6.08 Å². The number of rotatable bonds is 7. The van der Waals surface area contributed by atoms with Gasteiger partial charge in [0, 0.05) is 41.2 Å². The van der Waals surface area contributed by atoms with Crippen LogP contribution in [0.1, 0.15) is 102 Å². The lowest BCUT2D eigenvalue weighted by Crippen LogP contribution is -2.85. The summed E-state index contributed by atoms with van der Waals surface area (Å²) in [4.78, 5) is 27.4. The summed E-state index contributed by atoms with van der Waals surface area (Å²) in [6, 6.07) is 7.71. The molecule has 1 spiro atoms. The van der Waals surface area contributed by atoms with Crippen molar-refractivity contribution >= 4 is 12.3 Å². The molecule has 8 aliphatic rings. The van der Waals surface area contributed by atoms with E-state index in [-0.39, 0.29) is 61.0 Å². The number of fused-ring (bicyclic) bond motifs is 3. The lowest BCUT2D eigenvalue weighted by atomic mass is 9.35. The highest BCUT2D eigenvalue weighted by atomic mass is 16.6. The van der Waals surface area contributed by atoms with Crippen LogP contribution in [0.4, 0.5) is 0 Å². The number of hydrogen-bond acceptors (Lipinski definition) is 10. The van der Waals surface area contributed by atoms with Crippen molar-refractivity contribution in [1.82, 2.24) is 5.32 Å². The van der Waals surface area contributed by atoms with Gasteiger partial charge in [0.1, 0.15) is 23.1 Å². The first-order chi connectivity index (χ1) is 25.7. The number of aldehydes is 1. The van der Waals surface area contributed by atoms with Gasteiger partial charge in [-0.25, -0.2) is 4.79 Å². The average Bonchev–Trinajstić information content (AvgIpc) is 3.51. The summed E-state index contributed by atoms with van der Waals surface area (Å²) in [5.74, 6) is -3.10. The molecule has 0 saturated heterocycles. The fraction of sp³-hybridized carbons (Fsp3) is 0.773. The summed E-state index contributed by atoms with van der Waals surface area (Å²) < 4.78 is 6.49. The molecule has 10 heteroatoms. The monoisotopic (exact) mass is 747 g/mol. The molecule has 1 aliphatic heterocycles. The Morgan fingerprint density at radius 1 is 0.944 bits per heavy atom. The predicted molar refractivity (Wildman–Crippen MR) is 198 cm³/mol. The zero-order chi connectivity index (χ0) is 38.2. The number of carbonyl (C=O) groups is 2. The second-order valence-corrected chi connectivity index (χ2v) is 19.6. The Bertz CT molecular complexity index is 1730. The van der Waals surface area contributed by atoms with Crippen molar-refractivity contribution < 1.29 is 45.0 Å². The molecule has 0 amide bonds. The van der Waals surface area contributed by atoms with Crippen LogP contribution in [0.2, 0.25) is 0 Å². The van der Waals surface area contributed by atoms with Crippen LogP contribution in [-0.2, 0) is 27.4 Å². The molecule has 1 aromatic rings. The molecule has 1 heterocycles. The minimum Gasteiger partial charge on any atom is -0.451 e. The van der Waals surface area contributed by atoms with E-state index < -0.39 is 63.2 Å². The summed E-state index contributed by atoms with van der Waals surface area (Å²) in [6.07, 6.45) is 6.34. The standard InChI is InChI=1S/C44H61NO9/c1-24(2)25-9-10-29-34(48)11-15-40(23-47)35-12-16-39-13-6-14-41-30(33(45-3)19-26-7-4-5-8-27(26)22-46)18-28(37(39)31(41)20-36(49)54-41)21-42(39,51)44(35,53)38(50)32(17-25)43(29,40)52/h4-5,7-8,20,23-25,28-30,32-35,37-38,45-46,48,50-53H,6,9-19,21-22H2,1-3H3. The van der Waals surface area contributed by atoms with Crippen molar-refractivity contribution in [1.29, 1.82) is 0 Å². The molecule has 296 valence electrons. The number of nitrogens with one attached hydrogen (secondary N) is 1. The normalized spacial score (nSPS) is 50.7. The Hall–Kier alpha value is -2.18. The zero-order valence-corrected chi connectivity index (χ0v) is 32.1. The number of likely N-dealkylation sites (N-methyl/N-ethyl adjacent to an activating group) is 1. The second kappa shape index (κ2) is 12.4. The molecule has 2 bridgehead atoms. The first-order valence-corrected chi connectivity index (χ1v) is 21.0. The van der Waals surface area contributed by atoms with Crippen LogP contribution in [-0.4, -0.2) is 90.6 Å². The summed E-state index contributed by atoms with van der Waals surface area (Å²) >= 11 is 0. The molecular weight excluding hydrogens is 686 g/mol. The maximum Gasteiger partial charge on any atom is 0.331 e. The topological polar surface area (TPSA) is 177 Å². The SMILES string of the molecule is CNC(Cc1ccccc1CO)C1CC2CC3(O)C4(CCCC15OC(=O)C=C5C24)CCC1C2(C=O)CCC(O)C4CCC(C(C)C)CC(C(O)C13O)C42O. The molecule has 54 heavy (non-hydrogen) atoms. The minimum atomic E-state index is -2.12. The number of hydrogen-bond donors (Lipinski definition) is 7. The van der Waals surface area contributed by atoms with Gasteiger partial charge < -0.3 is 45.5 Å². The Labute approximate surface area is 318 Å². The lowest BCUT2D eigenvalue weighted by Gasteiger charge is -2.73. The molecule has 7 N–H and O–H groups in total. The lowest BCUT2D eigenvalue weighted by molar-refractivity contribution is -0.375. The van der Waals surface area contributed by atoms with Crippen molar-refractivity contribution in [2.75, 3.05) is 7.05 Å². The molecule has 10 nitrogen and oxygen atoms in total. The number of benzene rings is 1. The van der Waals surface area contributed by atoms with Crippen molar-refractivity contribution in [3.05, 3.63) is 47.0 Å². The van der Waals surface area contributed by atoms with Crippen molar-refractivity contribution in [3.8, 4) is 0 Å². The highest BCUT2D eigenvalue weighted by Gasteiger charge is 2.86. The predicted octanol–water partition coefficient (Wildman–Crippen LogP) is 3.36. The van der Waals surface area contributed by atoms with Crippen LogP contribution in [0.5, 0.6) is 0 Å². The van der Waals surface area contributed by atoms with Gasteiger partial charge in [-0.1, -0.05) is 38.1 Å². The first kappa shape index (κ1) is 37.4. The number of aliphatic hydroxyl groups is 6. The number of ether oxygens (including phenoxy) is 1. The molecule has 16 unspecified atom stereocenters. The maximum atomic E-state index is 13.9. The van der Waals surface area contributed by atoms with Gasteiger partial charge in [-0.05, 0) is 131 Å². The zero-order valence-electron chi connectivity index (χ0n) is 32.1. The van der Waals surface area contributed by atoms with Gasteiger partial charge in [-0.15, -0.1) is 0 Å². The van der Waals surface area contributed by atoms with Crippen LogP contribution >= 0.6 is 0 Å². The molecule has 7 fully saturated rings. The minimum absolute atomic E-state index is 0.0824. The van der Waals surface area contributed by atoms with Crippen LogP contribution < -0.4 is 5.32 Å². The molecule has 7 saturated carbocycles. The van der Waals surface area contributed by atoms with Crippen molar-refractivity contribution in [2.24, 2.45) is 58.2 Å². The maximum absolute atomic E-state index is 13.9. The van der Waals surface area contributed by atoms with Gasteiger partial charge in [0.05, 0.1) is 29.8 Å². The molecule has 1 aromatic carbocycles. The molecule has 16 atom stereocenters. The van der Waals surface area contributed by atoms with Crippen LogP contribution in [0.25, 0.3) is 0 Å². The van der Waals surface area contributed by atoms with E-state index in [4.69, 9.17) is 4.74 Å². The molecule has 0 radical (unpaired) electrons. The molecule has 0 aromatic heterocycles. The van der Waals surface area contributed by atoms with E-state index in [1.165, 1.54) is 0 Å². The van der Waals surface area contributed by atoms with Crippen LogP contribution in [0, 0.1) is 58.2 Å². The van der Waals surface area contributed by atoms with E-state index in [0.717, 1.165) is 29.4 Å². The quantitative estimate of drug-likeness (QED) is 0.162. The summed E-state index contributed by atoms with van der Waals surface area (Å²) in [7, 11) is 1.92. The third-order valence-corrected chi connectivity index (χ3v) is 18.0.